The zero-order valence-electron chi connectivity index (χ0n) is 13.2. The molecule has 0 atom stereocenters. The van der Waals surface area contributed by atoms with E-state index < -0.39 is 17.2 Å². The van der Waals surface area contributed by atoms with E-state index in [0.717, 1.165) is 11.6 Å². The zero-order valence-corrected chi connectivity index (χ0v) is 13.2. The number of carbonyl (C=O) groups is 1. The van der Waals surface area contributed by atoms with Crippen molar-refractivity contribution in [2.75, 3.05) is 26.2 Å². The van der Waals surface area contributed by atoms with Gasteiger partial charge in [-0.3, -0.25) is 4.90 Å². The highest BCUT2D eigenvalue weighted by Gasteiger charge is 2.25. The van der Waals surface area contributed by atoms with E-state index in [-0.39, 0.29) is 6.09 Å². The van der Waals surface area contributed by atoms with E-state index in [1.165, 1.54) is 6.07 Å². The van der Waals surface area contributed by atoms with Gasteiger partial charge in [0.25, 0.3) is 0 Å². The van der Waals surface area contributed by atoms with Gasteiger partial charge in [-0.2, -0.15) is 0 Å². The molecule has 122 valence electrons. The summed E-state index contributed by atoms with van der Waals surface area (Å²) in [6.07, 6.45) is -0.306. The van der Waals surface area contributed by atoms with Gasteiger partial charge in [0.2, 0.25) is 0 Å². The quantitative estimate of drug-likeness (QED) is 0.841. The molecule has 0 aromatic heterocycles. The second-order valence-corrected chi connectivity index (χ2v) is 6.49. The molecule has 0 radical (unpaired) electrons. The van der Waals surface area contributed by atoms with Crippen molar-refractivity contribution >= 4 is 6.09 Å². The minimum atomic E-state index is -0.835. The van der Waals surface area contributed by atoms with Crippen LogP contribution in [-0.2, 0) is 11.3 Å². The summed E-state index contributed by atoms with van der Waals surface area (Å²) in [6, 6.07) is 3.94. The molecule has 1 saturated heterocycles. The Bertz CT molecular complexity index is 535. The van der Waals surface area contributed by atoms with Crippen LogP contribution in [0.15, 0.2) is 18.2 Å². The van der Waals surface area contributed by atoms with Crippen LogP contribution in [0, 0.1) is 11.6 Å². The normalized spacial score (nSPS) is 16.7. The van der Waals surface area contributed by atoms with Crippen LogP contribution in [0.2, 0.25) is 0 Å². The van der Waals surface area contributed by atoms with Crippen molar-refractivity contribution in [1.29, 1.82) is 0 Å². The molecular weight excluding hydrogens is 290 g/mol. The molecule has 0 unspecified atom stereocenters. The molecule has 0 aliphatic carbocycles. The van der Waals surface area contributed by atoms with Crippen molar-refractivity contribution in [2.45, 2.75) is 32.9 Å². The molecule has 1 aliphatic heterocycles. The molecule has 0 saturated carbocycles. The third-order valence-electron chi connectivity index (χ3n) is 3.41. The highest BCUT2D eigenvalue weighted by atomic mass is 19.2. The van der Waals surface area contributed by atoms with Crippen LogP contribution < -0.4 is 0 Å². The fraction of sp³-hybridized carbons (Fsp3) is 0.562. The first-order valence-electron chi connectivity index (χ1n) is 7.39. The van der Waals surface area contributed by atoms with Crippen LogP contribution in [-0.4, -0.2) is 47.7 Å². The van der Waals surface area contributed by atoms with Gasteiger partial charge < -0.3 is 9.64 Å². The second kappa shape index (κ2) is 6.60. The lowest BCUT2D eigenvalue weighted by atomic mass is 10.2. The van der Waals surface area contributed by atoms with Crippen LogP contribution in [0.1, 0.15) is 26.3 Å². The lowest BCUT2D eigenvalue weighted by Gasteiger charge is -2.35. The monoisotopic (exact) mass is 312 g/mol. The molecule has 1 heterocycles. The summed E-state index contributed by atoms with van der Waals surface area (Å²) in [6.45, 7) is 8.55. The fourth-order valence-electron chi connectivity index (χ4n) is 2.31. The molecule has 0 N–H and O–H groups in total. The van der Waals surface area contributed by atoms with Crippen LogP contribution in [0.3, 0.4) is 0 Å². The molecule has 0 spiro atoms. The van der Waals surface area contributed by atoms with Crippen LogP contribution in [0.4, 0.5) is 13.6 Å². The number of benzene rings is 1. The van der Waals surface area contributed by atoms with Crippen molar-refractivity contribution in [3.8, 4) is 0 Å². The summed E-state index contributed by atoms with van der Waals surface area (Å²) in [5, 5.41) is 0. The number of halogens is 2. The largest absolute Gasteiger partial charge is 0.444 e. The van der Waals surface area contributed by atoms with Gasteiger partial charge in [-0.05, 0) is 38.5 Å². The standard InChI is InChI=1S/C16H22F2N2O2/c1-16(2,3)22-15(21)20-8-6-19(7-9-20)11-12-4-5-13(17)14(18)10-12/h4-5,10H,6-9,11H2,1-3H3. The second-order valence-electron chi connectivity index (χ2n) is 6.49. The van der Waals surface area contributed by atoms with Crippen LogP contribution in [0.25, 0.3) is 0 Å². The van der Waals surface area contributed by atoms with E-state index in [4.69, 9.17) is 4.74 Å². The van der Waals surface area contributed by atoms with Crippen molar-refractivity contribution in [3.05, 3.63) is 35.4 Å². The first kappa shape index (κ1) is 16.7. The number of ether oxygens (including phenoxy) is 1. The van der Waals surface area contributed by atoms with Gasteiger partial charge in [-0.1, -0.05) is 6.07 Å². The number of hydrogen-bond acceptors (Lipinski definition) is 3. The number of carbonyl (C=O) groups excluding carboxylic acids is 1. The predicted molar refractivity (Wildman–Crippen MR) is 79.4 cm³/mol. The number of hydrogen-bond donors (Lipinski definition) is 0. The maximum atomic E-state index is 13.2. The lowest BCUT2D eigenvalue weighted by molar-refractivity contribution is 0.0139. The molecule has 6 heteroatoms. The van der Waals surface area contributed by atoms with Gasteiger partial charge in [0.1, 0.15) is 5.60 Å². The van der Waals surface area contributed by atoms with Gasteiger partial charge in [0, 0.05) is 32.7 Å². The smallest absolute Gasteiger partial charge is 0.410 e. The molecule has 4 nitrogen and oxygen atoms in total. The van der Waals surface area contributed by atoms with Gasteiger partial charge in [0.05, 0.1) is 0 Å². The molecule has 1 fully saturated rings. The highest BCUT2D eigenvalue weighted by Crippen LogP contribution is 2.15. The number of piperazine rings is 1. The summed E-state index contributed by atoms with van der Waals surface area (Å²) in [4.78, 5) is 15.7. The topological polar surface area (TPSA) is 32.8 Å². The summed E-state index contributed by atoms with van der Waals surface area (Å²) in [5.74, 6) is -1.66. The molecular formula is C16H22F2N2O2. The van der Waals surface area contributed by atoms with Crippen LogP contribution >= 0.6 is 0 Å². The number of rotatable bonds is 2. The molecule has 0 bridgehead atoms. The molecule has 1 aliphatic rings. The summed E-state index contributed by atoms with van der Waals surface area (Å²) in [5.41, 5.74) is 0.226. The fourth-order valence-corrected chi connectivity index (χ4v) is 2.31. The molecule has 1 aromatic carbocycles. The van der Waals surface area contributed by atoms with Crippen molar-refractivity contribution < 1.29 is 18.3 Å². The maximum absolute atomic E-state index is 13.2. The van der Waals surface area contributed by atoms with E-state index >= 15 is 0 Å². The summed E-state index contributed by atoms with van der Waals surface area (Å²) < 4.78 is 31.4. The highest BCUT2D eigenvalue weighted by molar-refractivity contribution is 5.68. The first-order valence-corrected chi connectivity index (χ1v) is 7.39. The summed E-state index contributed by atoms with van der Waals surface area (Å²) in [7, 11) is 0. The lowest BCUT2D eigenvalue weighted by Crippen LogP contribution is -2.49. The van der Waals surface area contributed by atoms with E-state index in [9.17, 15) is 13.6 Å². The summed E-state index contributed by atoms with van der Waals surface area (Å²) >= 11 is 0. The van der Waals surface area contributed by atoms with E-state index in [2.05, 4.69) is 4.90 Å². The van der Waals surface area contributed by atoms with Gasteiger partial charge in [-0.25, -0.2) is 13.6 Å². The van der Waals surface area contributed by atoms with Crippen molar-refractivity contribution in [1.82, 2.24) is 9.80 Å². The van der Waals surface area contributed by atoms with Gasteiger partial charge in [-0.15, -0.1) is 0 Å². The Morgan fingerprint density at radius 1 is 1.14 bits per heavy atom. The Labute approximate surface area is 129 Å². The Morgan fingerprint density at radius 2 is 1.77 bits per heavy atom. The number of amides is 1. The van der Waals surface area contributed by atoms with E-state index in [0.29, 0.717) is 32.7 Å². The van der Waals surface area contributed by atoms with Crippen LogP contribution in [0.5, 0.6) is 0 Å². The Hall–Kier alpha value is -1.69. The van der Waals surface area contributed by atoms with Crippen molar-refractivity contribution in [2.24, 2.45) is 0 Å². The molecule has 1 aromatic rings. The molecule has 22 heavy (non-hydrogen) atoms. The Kier molecular flexibility index (Phi) is 5.01. The molecule has 2 rings (SSSR count). The first-order chi connectivity index (χ1) is 10.2. The Balaban J connectivity index is 1.84. The average Bonchev–Trinajstić information content (AvgIpc) is 2.42. The van der Waals surface area contributed by atoms with Gasteiger partial charge in [0.15, 0.2) is 11.6 Å². The van der Waals surface area contributed by atoms with E-state index in [1.54, 1.807) is 11.0 Å². The SMILES string of the molecule is CC(C)(C)OC(=O)N1CCN(Cc2ccc(F)c(F)c2)CC1. The average molecular weight is 312 g/mol. The number of nitrogens with zero attached hydrogens (tertiary/aromatic N) is 2. The third kappa shape index (κ3) is 4.66. The zero-order chi connectivity index (χ0) is 16.3. The maximum Gasteiger partial charge on any atom is 0.410 e. The minimum Gasteiger partial charge on any atom is -0.444 e. The third-order valence-corrected chi connectivity index (χ3v) is 3.41. The van der Waals surface area contributed by atoms with Gasteiger partial charge >= 0.3 is 6.09 Å². The molecule has 1 amide bonds. The minimum absolute atomic E-state index is 0.306. The van der Waals surface area contributed by atoms with Crippen molar-refractivity contribution in [3.63, 3.8) is 0 Å². The van der Waals surface area contributed by atoms with E-state index in [1.807, 2.05) is 20.8 Å². The Morgan fingerprint density at radius 3 is 2.32 bits per heavy atom. The predicted octanol–water partition coefficient (Wildman–Crippen LogP) is 3.02.